The summed E-state index contributed by atoms with van der Waals surface area (Å²) in [5, 5.41) is 5.88. The van der Waals surface area contributed by atoms with Crippen LogP contribution < -0.4 is 10.1 Å². The van der Waals surface area contributed by atoms with E-state index in [0.29, 0.717) is 18.0 Å². The number of ether oxygens (including phenoxy) is 1. The van der Waals surface area contributed by atoms with Crippen molar-refractivity contribution >= 4 is 17.2 Å². The van der Waals surface area contributed by atoms with E-state index in [4.69, 9.17) is 4.74 Å². The Morgan fingerprint density at radius 1 is 1.53 bits per heavy atom. The highest BCUT2D eigenvalue weighted by Crippen LogP contribution is 2.13. The lowest BCUT2D eigenvalue weighted by molar-refractivity contribution is 0.0950. The third kappa shape index (κ3) is 3.51. The molecular formula is C13H15N3O2S. The molecule has 0 unspecified atom stereocenters. The Morgan fingerprint density at radius 3 is 3.05 bits per heavy atom. The van der Waals surface area contributed by atoms with Gasteiger partial charge in [0, 0.05) is 24.5 Å². The molecule has 0 aromatic carbocycles. The first-order valence-corrected chi connectivity index (χ1v) is 6.77. The van der Waals surface area contributed by atoms with Gasteiger partial charge in [0.25, 0.3) is 5.91 Å². The minimum atomic E-state index is -0.183. The number of thiazole rings is 1. The van der Waals surface area contributed by atoms with Gasteiger partial charge in [-0.1, -0.05) is 0 Å². The molecule has 0 fully saturated rings. The number of hydrogen-bond acceptors (Lipinski definition) is 5. The van der Waals surface area contributed by atoms with E-state index >= 15 is 0 Å². The van der Waals surface area contributed by atoms with E-state index in [1.54, 1.807) is 29.7 Å². The first-order chi connectivity index (χ1) is 9.20. The van der Waals surface area contributed by atoms with E-state index in [9.17, 15) is 4.79 Å². The van der Waals surface area contributed by atoms with Crippen LogP contribution in [0.5, 0.6) is 5.88 Å². The van der Waals surface area contributed by atoms with Crippen LogP contribution in [0.15, 0.2) is 23.7 Å². The highest BCUT2D eigenvalue weighted by Gasteiger charge is 2.12. The quantitative estimate of drug-likeness (QED) is 0.905. The molecule has 1 amide bonds. The Kier molecular flexibility index (Phi) is 4.46. The van der Waals surface area contributed by atoms with Crippen LogP contribution in [-0.2, 0) is 6.42 Å². The zero-order valence-corrected chi connectivity index (χ0v) is 11.7. The molecule has 0 radical (unpaired) electrons. The molecule has 0 saturated heterocycles. The van der Waals surface area contributed by atoms with Crippen molar-refractivity contribution in [2.45, 2.75) is 13.3 Å². The number of amides is 1. The molecule has 1 N–H and O–H groups in total. The second-order valence-corrected chi connectivity index (χ2v) is 4.99. The minimum absolute atomic E-state index is 0.183. The van der Waals surface area contributed by atoms with E-state index in [1.165, 1.54) is 7.11 Å². The van der Waals surface area contributed by atoms with E-state index in [2.05, 4.69) is 15.3 Å². The van der Waals surface area contributed by atoms with Crippen molar-refractivity contribution in [1.29, 1.82) is 0 Å². The lowest BCUT2D eigenvalue weighted by atomic mass is 10.2. The number of nitrogens with zero attached hydrogens (tertiary/aromatic N) is 2. The van der Waals surface area contributed by atoms with Crippen LogP contribution in [-0.4, -0.2) is 29.5 Å². The molecule has 5 nitrogen and oxygen atoms in total. The van der Waals surface area contributed by atoms with Gasteiger partial charge < -0.3 is 10.1 Å². The van der Waals surface area contributed by atoms with Crippen molar-refractivity contribution < 1.29 is 9.53 Å². The molecule has 0 spiro atoms. The van der Waals surface area contributed by atoms with Gasteiger partial charge in [-0.25, -0.2) is 9.97 Å². The maximum atomic E-state index is 12.0. The summed E-state index contributed by atoms with van der Waals surface area (Å²) in [6.45, 7) is 2.51. The molecular weight excluding hydrogens is 262 g/mol. The Hall–Kier alpha value is -1.95. The van der Waals surface area contributed by atoms with Crippen LogP contribution >= 0.6 is 11.3 Å². The largest absolute Gasteiger partial charge is 0.480 e. The van der Waals surface area contributed by atoms with Crippen LogP contribution in [0.25, 0.3) is 0 Å². The molecule has 2 aromatic heterocycles. The number of hydrogen-bond donors (Lipinski definition) is 1. The van der Waals surface area contributed by atoms with Gasteiger partial charge in [0.15, 0.2) is 0 Å². The lowest BCUT2D eigenvalue weighted by Crippen LogP contribution is -2.26. The fourth-order valence-electron chi connectivity index (χ4n) is 1.65. The standard InChI is InChI=1S/C13H15N3O2S/c1-9-16-10(8-19-9)5-7-14-12(17)11-4-3-6-15-13(11)18-2/h3-4,6,8H,5,7H2,1-2H3,(H,14,17). The van der Waals surface area contributed by atoms with E-state index in [-0.39, 0.29) is 5.91 Å². The van der Waals surface area contributed by atoms with E-state index in [1.807, 2.05) is 12.3 Å². The van der Waals surface area contributed by atoms with Crippen LogP contribution in [0.2, 0.25) is 0 Å². The fourth-order valence-corrected chi connectivity index (χ4v) is 2.30. The van der Waals surface area contributed by atoms with Gasteiger partial charge in [-0.15, -0.1) is 11.3 Å². The zero-order valence-electron chi connectivity index (χ0n) is 10.8. The summed E-state index contributed by atoms with van der Waals surface area (Å²) in [6.07, 6.45) is 2.31. The molecule has 2 aromatic rings. The molecule has 19 heavy (non-hydrogen) atoms. The first kappa shape index (κ1) is 13.5. The third-order valence-electron chi connectivity index (χ3n) is 2.54. The first-order valence-electron chi connectivity index (χ1n) is 5.89. The number of carbonyl (C=O) groups excluding carboxylic acids is 1. The number of aryl methyl sites for hydroxylation is 1. The number of methoxy groups -OCH3 is 1. The summed E-state index contributed by atoms with van der Waals surface area (Å²) < 4.78 is 5.05. The summed E-state index contributed by atoms with van der Waals surface area (Å²) in [5.41, 5.74) is 1.44. The second kappa shape index (κ2) is 6.29. The monoisotopic (exact) mass is 277 g/mol. The summed E-state index contributed by atoms with van der Waals surface area (Å²) in [7, 11) is 1.50. The summed E-state index contributed by atoms with van der Waals surface area (Å²) >= 11 is 1.61. The molecule has 0 aliphatic heterocycles. The predicted molar refractivity (Wildman–Crippen MR) is 73.7 cm³/mol. The third-order valence-corrected chi connectivity index (χ3v) is 3.36. The Bertz CT molecular complexity index is 569. The van der Waals surface area contributed by atoms with Crippen molar-refractivity contribution in [3.8, 4) is 5.88 Å². The number of nitrogens with one attached hydrogen (secondary N) is 1. The summed E-state index contributed by atoms with van der Waals surface area (Å²) in [4.78, 5) is 20.3. The van der Waals surface area contributed by atoms with Gasteiger partial charge in [0.1, 0.15) is 5.56 Å². The van der Waals surface area contributed by atoms with Gasteiger partial charge in [-0.3, -0.25) is 4.79 Å². The maximum Gasteiger partial charge on any atom is 0.256 e. The molecule has 0 aliphatic carbocycles. The molecule has 0 aliphatic rings. The van der Waals surface area contributed by atoms with Crippen molar-refractivity contribution in [1.82, 2.24) is 15.3 Å². The Morgan fingerprint density at radius 2 is 2.37 bits per heavy atom. The topological polar surface area (TPSA) is 64.1 Å². The maximum absolute atomic E-state index is 12.0. The van der Waals surface area contributed by atoms with Gasteiger partial charge >= 0.3 is 0 Å². The Balaban J connectivity index is 1.90. The number of carbonyl (C=O) groups is 1. The lowest BCUT2D eigenvalue weighted by Gasteiger charge is -2.07. The molecule has 0 bridgehead atoms. The van der Waals surface area contributed by atoms with Crippen LogP contribution in [0.1, 0.15) is 21.1 Å². The molecule has 100 valence electrons. The zero-order chi connectivity index (χ0) is 13.7. The minimum Gasteiger partial charge on any atom is -0.480 e. The van der Waals surface area contributed by atoms with Gasteiger partial charge in [0.05, 0.1) is 17.8 Å². The predicted octanol–water partition coefficient (Wildman–Crippen LogP) is 1.83. The van der Waals surface area contributed by atoms with Crippen LogP contribution in [0.3, 0.4) is 0 Å². The number of pyridine rings is 1. The normalized spacial score (nSPS) is 10.2. The van der Waals surface area contributed by atoms with Gasteiger partial charge in [-0.2, -0.15) is 0 Å². The van der Waals surface area contributed by atoms with E-state index in [0.717, 1.165) is 17.1 Å². The fraction of sp³-hybridized carbons (Fsp3) is 0.308. The average Bonchev–Trinajstić information content (AvgIpc) is 2.84. The van der Waals surface area contributed by atoms with Crippen molar-refractivity contribution in [3.05, 3.63) is 40.0 Å². The number of rotatable bonds is 5. The molecule has 2 heterocycles. The Labute approximate surface area is 115 Å². The molecule has 0 atom stereocenters. The van der Waals surface area contributed by atoms with Crippen LogP contribution in [0, 0.1) is 6.92 Å². The highest BCUT2D eigenvalue weighted by molar-refractivity contribution is 7.09. The highest BCUT2D eigenvalue weighted by atomic mass is 32.1. The van der Waals surface area contributed by atoms with Crippen molar-refractivity contribution in [2.75, 3.05) is 13.7 Å². The van der Waals surface area contributed by atoms with Gasteiger partial charge in [-0.05, 0) is 19.1 Å². The summed E-state index contributed by atoms with van der Waals surface area (Å²) in [6, 6.07) is 3.40. The molecule has 0 saturated carbocycles. The summed E-state index contributed by atoms with van der Waals surface area (Å²) in [5.74, 6) is 0.154. The van der Waals surface area contributed by atoms with E-state index < -0.39 is 0 Å². The second-order valence-electron chi connectivity index (χ2n) is 3.92. The SMILES string of the molecule is COc1ncccc1C(=O)NCCc1csc(C)n1. The molecule has 6 heteroatoms. The van der Waals surface area contributed by atoms with Crippen molar-refractivity contribution in [3.63, 3.8) is 0 Å². The smallest absolute Gasteiger partial charge is 0.256 e. The average molecular weight is 277 g/mol. The molecule has 2 rings (SSSR count). The van der Waals surface area contributed by atoms with Gasteiger partial charge in [0.2, 0.25) is 5.88 Å². The number of aromatic nitrogens is 2. The van der Waals surface area contributed by atoms with Crippen LogP contribution in [0.4, 0.5) is 0 Å². The van der Waals surface area contributed by atoms with Crippen molar-refractivity contribution in [2.24, 2.45) is 0 Å².